The van der Waals surface area contributed by atoms with Crippen molar-refractivity contribution in [1.29, 1.82) is 0 Å². The lowest BCUT2D eigenvalue weighted by molar-refractivity contribution is -0.115. The van der Waals surface area contributed by atoms with Crippen LogP contribution in [0.5, 0.6) is 0 Å². The number of aldehydes is 1. The molecule has 0 heterocycles. The zero-order valence-electron chi connectivity index (χ0n) is 17.1. The van der Waals surface area contributed by atoms with Crippen LogP contribution in [0, 0.1) is 5.92 Å². The lowest BCUT2D eigenvalue weighted by atomic mass is 10.00. The van der Waals surface area contributed by atoms with E-state index >= 15 is 0 Å². The highest BCUT2D eigenvalue weighted by Gasteiger charge is 2.41. The number of hydrogen-bond donors (Lipinski definition) is 1. The number of nitrogens with one attached hydrogen (secondary N) is 1. The van der Waals surface area contributed by atoms with E-state index in [4.69, 9.17) is 9.16 Å². The van der Waals surface area contributed by atoms with Crippen molar-refractivity contribution in [2.45, 2.75) is 97.7 Å². The zero-order chi connectivity index (χ0) is 19.3. The van der Waals surface area contributed by atoms with Crippen LogP contribution in [0.1, 0.15) is 61.8 Å². The van der Waals surface area contributed by atoms with E-state index in [1.165, 1.54) is 0 Å². The van der Waals surface area contributed by atoms with E-state index in [9.17, 15) is 9.59 Å². The highest BCUT2D eigenvalue weighted by atomic mass is 28.4. The van der Waals surface area contributed by atoms with Crippen molar-refractivity contribution >= 4 is 20.7 Å². The van der Waals surface area contributed by atoms with Crippen molar-refractivity contribution in [2.24, 2.45) is 5.92 Å². The third-order valence-electron chi connectivity index (χ3n) is 4.20. The van der Waals surface area contributed by atoms with Gasteiger partial charge in [-0.25, -0.2) is 4.79 Å². The van der Waals surface area contributed by atoms with E-state index in [0.29, 0.717) is 12.3 Å². The minimum Gasteiger partial charge on any atom is -0.444 e. The van der Waals surface area contributed by atoms with E-state index in [0.717, 1.165) is 6.29 Å². The average Bonchev–Trinajstić information content (AvgIpc) is 2.30. The van der Waals surface area contributed by atoms with Gasteiger partial charge in [0.25, 0.3) is 0 Å². The molecule has 0 aromatic heterocycles. The van der Waals surface area contributed by atoms with E-state index < -0.39 is 32.2 Å². The highest BCUT2D eigenvalue weighted by Crippen LogP contribution is 2.37. The number of ether oxygens (including phenoxy) is 1. The number of carbonyl (C=O) groups is 2. The van der Waals surface area contributed by atoms with Gasteiger partial charge in [-0.2, -0.15) is 0 Å². The number of alkyl carbamates (subject to hydrolysis) is 1. The normalized spacial score (nSPS) is 15.8. The van der Waals surface area contributed by atoms with Crippen molar-refractivity contribution in [1.82, 2.24) is 5.32 Å². The van der Waals surface area contributed by atoms with Gasteiger partial charge >= 0.3 is 6.09 Å². The summed E-state index contributed by atoms with van der Waals surface area (Å²) in [6, 6.07) is -0.397. The molecule has 5 nitrogen and oxygen atoms in total. The van der Waals surface area contributed by atoms with Gasteiger partial charge in [0.05, 0.1) is 6.04 Å². The van der Waals surface area contributed by atoms with Crippen molar-refractivity contribution in [3.8, 4) is 0 Å². The van der Waals surface area contributed by atoms with Gasteiger partial charge in [0.2, 0.25) is 0 Å². The van der Waals surface area contributed by atoms with Gasteiger partial charge < -0.3 is 19.3 Å². The molecule has 0 unspecified atom stereocenters. The van der Waals surface area contributed by atoms with Gasteiger partial charge in [0, 0.05) is 0 Å². The molecular weight excluding hydrogens is 322 g/mol. The Bertz CT molecular complexity index is 422. The fourth-order valence-electron chi connectivity index (χ4n) is 1.96. The maximum absolute atomic E-state index is 12.1. The summed E-state index contributed by atoms with van der Waals surface area (Å²) >= 11 is 0. The van der Waals surface area contributed by atoms with Crippen molar-refractivity contribution < 1.29 is 18.8 Å². The predicted molar refractivity (Wildman–Crippen MR) is 101 cm³/mol. The minimum absolute atomic E-state index is 0.0113. The lowest BCUT2D eigenvalue weighted by Crippen LogP contribution is -2.53. The zero-order valence-corrected chi connectivity index (χ0v) is 18.1. The Balaban J connectivity index is 5.24. The number of rotatable bonds is 7. The van der Waals surface area contributed by atoms with Crippen LogP contribution in [-0.2, 0) is 14.0 Å². The predicted octanol–water partition coefficient (Wildman–Crippen LogP) is 4.52. The maximum Gasteiger partial charge on any atom is 0.407 e. The SMILES string of the molecule is CC(C)C[C@H](NC(=O)OC(C)(C)C)[C@H](C=O)O[Si](C)(C)C(C)(C)C. The second kappa shape index (κ2) is 8.47. The maximum atomic E-state index is 12.1. The first kappa shape index (κ1) is 23.1. The van der Waals surface area contributed by atoms with Gasteiger partial charge in [0.15, 0.2) is 8.32 Å². The second-order valence-electron chi connectivity index (χ2n) is 9.36. The molecule has 0 aliphatic heterocycles. The summed E-state index contributed by atoms with van der Waals surface area (Å²) in [4.78, 5) is 23.8. The molecule has 0 aromatic carbocycles. The highest BCUT2D eigenvalue weighted by molar-refractivity contribution is 6.74. The molecule has 1 N–H and O–H groups in total. The molecule has 0 aliphatic rings. The van der Waals surface area contributed by atoms with E-state index in [2.05, 4.69) is 53.0 Å². The Hall–Kier alpha value is -0.883. The van der Waals surface area contributed by atoms with Crippen molar-refractivity contribution in [2.75, 3.05) is 0 Å². The molecule has 0 saturated carbocycles. The summed E-state index contributed by atoms with van der Waals surface area (Å²) in [5, 5.41) is 2.82. The molecule has 0 bridgehead atoms. The van der Waals surface area contributed by atoms with Crippen LogP contribution in [0.4, 0.5) is 4.79 Å². The van der Waals surface area contributed by atoms with Gasteiger partial charge in [0.1, 0.15) is 18.0 Å². The van der Waals surface area contributed by atoms with Crippen LogP contribution in [0.25, 0.3) is 0 Å². The monoisotopic (exact) mass is 359 g/mol. The summed E-state index contributed by atoms with van der Waals surface area (Å²) in [6.45, 7) is 20.1. The topological polar surface area (TPSA) is 64.6 Å². The average molecular weight is 360 g/mol. The van der Waals surface area contributed by atoms with Crippen LogP contribution in [0.15, 0.2) is 0 Å². The Morgan fingerprint density at radius 1 is 1.12 bits per heavy atom. The number of hydrogen-bond acceptors (Lipinski definition) is 4. The summed E-state index contributed by atoms with van der Waals surface area (Å²) in [6.07, 6.45) is 0.280. The molecule has 24 heavy (non-hydrogen) atoms. The fraction of sp³-hybridized carbons (Fsp3) is 0.889. The van der Waals surface area contributed by atoms with E-state index in [1.54, 1.807) is 0 Å². The van der Waals surface area contributed by atoms with Crippen LogP contribution in [0.3, 0.4) is 0 Å². The Morgan fingerprint density at radius 3 is 1.96 bits per heavy atom. The minimum atomic E-state index is -2.12. The lowest BCUT2D eigenvalue weighted by Gasteiger charge is -2.40. The first-order chi connectivity index (χ1) is 10.6. The van der Waals surface area contributed by atoms with Gasteiger partial charge in [-0.15, -0.1) is 0 Å². The van der Waals surface area contributed by atoms with Gasteiger partial charge in [-0.3, -0.25) is 0 Å². The first-order valence-corrected chi connectivity index (χ1v) is 11.6. The second-order valence-corrected chi connectivity index (χ2v) is 14.1. The molecule has 1 amide bonds. The van der Waals surface area contributed by atoms with Gasteiger partial charge in [-0.1, -0.05) is 34.6 Å². The molecule has 0 aromatic rings. The molecule has 0 rings (SSSR count). The molecule has 6 heteroatoms. The van der Waals surface area contributed by atoms with E-state index in [1.807, 2.05) is 20.8 Å². The molecular formula is C18H37NO4Si. The Kier molecular flexibility index (Phi) is 8.16. The van der Waals surface area contributed by atoms with E-state index in [-0.39, 0.29) is 5.04 Å². The standard InChI is InChI=1S/C18H37NO4Si/c1-13(2)11-14(19-16(21)22-17(3,4)5)15(12-20)23-24(9,10)18(6,7)8/h12-15H,11H2,1-10H3,(H,19,21)/t14-,15-/m0/s1. The molecule has 2 atom stereocenters. The van der Waals surface area contributed by atoms with Gasteiger partial charge in [-0.05, 0) is 51.2 Å². The first-order valence-electron chi connectivity index (χ1n) is 8.71. The molecule has 0 aliphatic carbocycles. The Labute approximate surface area is 149 Å². The molecule has 0 saturated heterocycles. The largest absolute Gasteiger partial charge is 0.444 e. The molecule has 0 fully saturated rings. The van der Waals surface area contributed by atoms with Crippen LogP contribution in [0.2, 0.25) is 18.1 Å². The summed E-state index contributed by atoms with van der Waals surface area (Å²) in [7, 11) is -2.12. The van der Waals surface area contributed by atoms with Crippen molar-refractivity contribution in [3.05, 3.63) is 0 Å². The third-order valence-corrected chi connectivity index (χ3v) is 8.67. The third kappa shape index (κ3) is 8.28. The summed E-state index contributed by atoms with van der Waals surface area (Å²) in [5.41, 5.74) is -0.580. The molecule has 142 valence electrons. The Morgan fingerprint density at radius 2 is 1.62 bits per heavy atom. The molecule has 0 radical (unpaired) electrons. The van der Waals surface area contributed by atoms with Crippen LogP contribution < -0.4 is 5.32 Å². The summed E-state index contributed by atoms with van der Waals surface area (Å²) in [5.74, 6) is 0.315. The molecule has 0 spiro atoms. The fourth-order valence-corrected chi connectivity index (χ4v) is 3.22. The quantitative estimate of drug-likeness (QED) is 0.536. The number of amides is 1. The summed E-state index contributed by atoms with van der Waals surface area (Å²) < 4.78 is 11.6. The van der Waals surface area contributed by atoms with Crippen molar-refractivity contribution in [3.63, 3.8) is 0 Å². The van der Waals surface area contributed by atoms with Crippen LogP contribution in [-0.4, -0.2) is 38.4 Å². The van der Waals surface area contributed by atoms with Crippen LogP contribution >= 0.6 is 0 Å². The smallest absolute Gasteiger partial charge is 0.407 e. The number of carbonyl (C=O) groups excluding carboxylic acids is 2.